The second-order valence-electron chi connectivity index (χ2n) is 5.24. The van der Waals surface area contributed by atoms with Gasteiger partial charge >= 0.3 is 0 Å². The van der Waals surface area contributed by atoms with Crippen molar-refractivity contribution in [3.63, 3.8) is 0 Å². The third-order valence-corrected chi connectivity index (χ3v) is 3.70. The van der Waals surface area contributed by atoms with E-state index in [9.17, 15) is 9.18 Å². The van der Waals surface area contributed by atoms with Crippen molar-refractivity contribution >= 4 is 5.91 Å². The Morgan fingerprint density at radius 3 is 2.61 bits per heavy atom. The van der Waals surface area contributed by atoms with Crippen LogP contribution in [0, 0.1) is 12.7 Å². The van der Waals surface area contributed by atoms with Crippen molar-refractivity contribution in [3.05, 3.63) is 77.5 Å². The van der Waals surface area contributed by atoms with Crippen LogP contribution in [0.15, 0.2) is 53.4 Å². The lowest BCUT2D eigenvalue weighted by atomic mass is 10.1. The molecule has 23 heavy (non-hydrogen) atoms. The fourth-order valence-corrected chi connectivity index (χ4v) is 2.44. The van der Waals surface area contributed by atoms with Crippen LogP contribution in [-0.4, -0.2) is 15.5 Å². The molecule has 0 aliphatic carbocycles. The highest BCUT2D eigenvalue weighted by atomic mass is 19.1. The average molecular weight is 313 g/mol. The minimum absolute atomic E-state index is 0.270. The monoisotopic (exact) mass is 313 g/mol. The van der Waals surface area contributed by atoms with E-state index in [1.165, 1.54) is 18.4 Å². The molecule has 1 atom stereocenters. The zero-order valence-electron chi connectivity index (χ0n) is 12.8. The Balaban J connectivity index is 1.96. The highest BCUT2D eigenvalue weighted by Gasteiger charge is 2.22. The van der Waals surface area contributed by atoms with Crippen LogP contribution >= 0.6 is 0 Å². The summed E-state index contributed by atoms with van der Waals surface area (Å²) in [4.78, 5) is 16.8. The standard InChI is InChI=1S/C17H16FN3O2/c1-11-14(7-10-23-11)17(22)20-15(16-19-8-9-21(16)2)12-3-5-13(18)6-4-12/h3-10,15H,1-2H3,(H,20,22)/t15-/m0/s1. The largest absolute Gasteiger partial charge is 0.469 e. The number of rotatable bonds is 4. The molecule has 3 rings (SSSR count). The number of aryl methyl sites for hydroxylation is 2. The first-order valence-corrected chi connectivity index (χ1v) is 7.14. The van der Waals surface area contributed by atoms with Crippen molar-refractivity contribution in [1.82, 2.24) is 14.9 Å². The second-order valence-corrected chi connectivity index (χ2v) is 5.24. The SMILES string of the molecule is Cc1occc1C(=O)N[C@@H](c1ccc(F)cc1)c1nccn1C. The number of amides is 1. The first kappa shape index (κ1) is 15.0. The van der Waals surface area contributed by atoms with E-state index >= 15 is 0 Å². The molecule has 0 fully saturated rings. The summed E-state index contributed by atoms with van der Waals surface area (Å²) in [5.74, 6) is 0.601. The summed E-state index contributed by atoms with van der Waals surface area (Å²) in [6, 6.07) is 7.12. The van der Waals surface area contributed by atoms with Crippen molar-refractivity contribution in [3.8, 4) is 0 Å². The number of carbonyl (C=O) groups is 1. The topological polar surface area (TPSA) is 60.1 Å². The molecule has 0 bridgehead atoms. The number of carbonyl (C=O) groups excluding carboxylic acids is 1. The van der Waals surface area contributed by atoms with Crippen LogP contribution in [0.4, 0.5) is 4.39 Å². The molecule has 2 aromatic heterocycles. The average Bonchev–Trinajstić information content (AvgIpc) is 3.14. The van der Waals surface area contributed by atoms with Gasteiger partial charge in [-0.25, -0.2) is 9.37 Å². The van der Waals surface area contributed by atoms with Crippen molar-refractivity contribution in [2.75, 3.05) is 0 Å². The number of nitrogens with zero attached hydrogens (tertiary/aromatic N) is 2. The van der Waals surface area contributed by atoms with Gasteiger partial charge in [0.15, 0.2) is 0 Å². The van der Waals surface area contributed by atoms with E-state index in [2.05, 4.69) is 10.3 Å². The summed E-state index contributed by atoms with van der Waals surface area (Å²) in [7, 11) is 1.84. The van der Waals surface area contributed by atoms with Crippen molar-refractivity contribution < 1.29 is 13.6 Å². The molecule has 3 aromatic rings. The van der Waals surface area contributed by atoms with Crippen LogP contribution < -0.4 is 5.32 Å². The Labute approximate surface area is 132 Å². The molecule has 0 aliphatic heterocycles. The zero-order chi connectivity index (χ0) is 16.4. The molecule has 2 heterocycles. The molecule has 0 saturated carbocycles. The molecule has 0 unspecified atom stereocenters. The molecule has 118 valence electrons. The number of halogens is 1. The summed E-state index contributed by atoms with van der Waals surface area (Å²) < 4.78 is 20.2. The quantitative estimate of drug-likeness (QED) is 0.805. The van der Waals surface area contributed by atoms with Gasteiger partial charge in [-0.3, -0.25) is 4.79 Å². The molecule has 0 spiro atoms. The Kier molecular flexibility index (Phi) is 3.97. The van der Waals surface area contributed by atoms with Crippen molar-refractivity contribution in [2.45, 2.75) is 13.0 Å². The molecule has 1 amide bonds. The van der Waals surface area contributed by atoms with Crippen molar-refractivity contribution in [2.24, 2.45) is 7.05 Å². The van der Waals surface area contributed by atoms with Gasteiger partial charge in [0.05, 0.1) is 11.8 Å². The van der Waals surface area contributed by atoms with Crippen LogP contribution in [0.2, 0.25) is 0 Å². The van der Waals surface area contributed by atoms with E-state index in [0.29, 0.717) is 17.1 Å². The molecule has 0 saturated heterocycles. The predicted octanol–water partition coefficient (Wildman–Crippen LogP) is 2.98. The number of nitrogens with one attached hydrogen (secondary N) is 1. The van der Waals surface area contributed by atoms with Gasteiger partial charge in [-0.1, -0.05) is 12.1 Å². The fourth-order valence-electron chi connectivity index (χ4n) is 2.44. The van der Waals surface area contributed by atoms with E-state index in [0.717, 1.165) is 5.56 Å². The van der Waals surface area contributed by atoms with Crippen LogP contribution in [0.5, 0.6) is 0 Å². The normalized spacial score (nSPS) is 12.1. The maximum absolute atomic E-state index is 13.2. The highest BCUT2D eigenvalue weighted by molar-refractivity contribution is 5.95. The van der Waals surface area contributed by atoms with E-state index in [1.807, 2.05) is 11.6 Å². The van der Waals surface area contributed by atoms with Crippen LogP contribution in [0.25, 0.3) is 0 Å². The minimum atomic E-state index is -0.489. The van der Waals surface area contributed by atoms with E-state index in [-0.39, 0.29) is 11.7 Å². The maximum atomic E-state index is 13.2. The summed E-state index contributed by atoms with van der Waals surface area (Å²) in [6.45, 7) is 1.72. The van der Waals surface area contributed by atoms with Crippen molar-refractivity contribution in [1.29, 1.82) is 0 Å². The second kappa shape index (κ2) is 6.08. The molecule has 0 radical (unpaired) electrons. The number of hydrogen-bond acceptors (Lipinski definition) is 3. The number of hydrogen-bond donors (Lipinski definition) is 1. The molecule has 1 N–H and O–H groups in total. The number of furan rings is 1. The van der Waals surface area contributed by atoms with E-state index in [4.69, 9.17) is 4.42 Å². The Hall–Kier alpha value is -2.89. The number of aromatic nitrogens is 2. The van der Waals surface area contributed by atoms with E-state index in [1.54, 1.807) is 37.5 Å². The van der Waals surface area contributed by atoms with Crippen LogP contribution in [0.1, 0.15) is 33.5 Å². The summed E-state index contributed by atoms with van der Waals surface area (Å²) in [5.41, 5.74) is 1.21. The Morgan fingerprint density at radius 2 is 2.04 bits per heavy atom. The van der Waals surface area contributed by atoms with Crippen LogP contribution in [0.3, 0.4) is 0 Å². The summed E-state index contributed by atoms with van der Waals surface area (Å²) in [5, 5.41) is 2.93. The highest BCUT2D eigenvalue weighted by Crippen LogP contribution is 2.22. The lowest BCUT2D eigenvalue weighted by molar-refractivity contribution is 0.0939. The first-order valence-electron chi connectivity index (χ1n) is 7.14. The smallest absolute Gasteiger partial charge is 0.255 e. The lowest BCUT2D eigenvalue weighted by Crippen LogP contribution is -2.31. The molecule has 1 aromatic carbocycles. The van der Waals surface area contributed by atoms with Gasteiger partial charge in [0, 0.05) is 19.4 Å². The van der Waals surface area contributed by atoms with Gasteiger partial charge in [0.25, 0.3) is 5.91 Å². The Bertz CT molecular complexity index is 820. The van der Waals surface area contributed by atoms with Gasteiger partial charge < -0.3 is 14.3 Å². The summed E-state index contributed by atoms with van der Waals surface area (Å²) in [6.07, 6.45) is 4.92. The number of imidazole rings is 1. The maximum Gasteiger partial charge on any atom is 0.255 e. The van der Waals surface area contributed by atoms with Gasteiger partial charge in [-0.05, 0) is 30.7 Å². The molecule has 6 heteroatoms. The first-order chi connectivity index (χ1) is 11.1. The van der Waals surface area contributed by atoms with Gasteiger partial charge in [-0.15, -0.1) is 0 Å². The summed E-state index contributed by atoms with van der Waals surface area (Å²) >= 11 is 0. The minimum Gasteiger partial charge on any atom is -0.469 e. The third-order valence-electron chi connectivity index (χ3n) is 3.70. The molecular weight excluding hydrogens is 297 g/mol. The van der Waals surface area contributed by atoms with Crippen LogP contribution in [-0.2, 0) is 7.05 Å². The third kappa shape index (κ3) is 3.01. The molecular formula is C17H16FN3O2. The molecule has 0 aliphatic rings. The predicted molar refractivity (Wildman–Crippen MR) is 82.4 cm³/mol. The zero-order valence-corrected chi connectivity index (χ0v) is 12.8. The van der Waals surface area contributed by atoms with Gasteiger partial charge in [-0.2, -0.15) is 0 Å². The Morgan fingerprint density at radius 1 is 1.30 bits per heavy atom. The molecule has 5 nitrogen and oxygen atoms in total. The van der Waals surface area contributed by atoms with E-state index < -0.39 is 6.04 Å². The van der Waals surface area contributed by atoms with Gasteiger partial charge in [0.2, 0.25) is 0 Å². The lowest BCUT2D eigenvalue weighted by Gasteiger charge is -2.19. The number of benzene rings is 1. The van der Waals surface area contributed by atoms with Gasteiger partial charge in [0.1, 0.15) is 23.4 Å². The fraction of sp³-hybridized carbons (Fsp3) is 0.176.